The van der Waals surface area contributed by atoms with Crippen molar-refractivity contribution in [3.05, 3.63) is 112 Å². The van der Waals surface area contributed by atoms with E-state index in [2.05, 4.69) is 5.32 Å². The summed E-state index contributed by atoms with van der Waals surface area (Å²) in [5.74, 6) is -0.810. The molecule has 1 N–H and O–H groups in total. The van der Waals surface area contributed by atoms with Crippen molar-refractivity contribution in [3.8, 4) is 0 Å². The molecule has 7 rings (SSSR count). The summed E-state index contributed by atoms with van der Waals surface area (Å²) in [5.41, 5.74) is 1.35. The van der Waals surface area contributed by atoms with Crippen molar-refractivity contribution in [2.45, 2.75) is 25.4 Å². The summed E-state index contributed by atoms with van der Waals surface area (Å²) in [5, 5.41) is 2.46. The number of barbiturate groups is 1. The van der Waals surface area contributed by atoms with Crippen LogP contribution in [0, 0.1) is 5.41 Å². The maximum absolute atomic E-state index is 14.5. The van der Waals surface area contributed by atoms with Gasteiger partial charge in [-0.15, -0.1) is 0 Å². The molecule has 2 atom stereocenters. The molecule has 1 fully saturated rings. The number of urea groups is 1. The van der Waals surface area contributed by atoms with Gasteiger partial charge in [-0.2, -0.15) is 0 Å². The molecule has 9 heteroatoms. The minimum absolute atomic E-state index is 0.0106. The standard InChI is InChI=1S/C29H23N5O4/c35-25-21-16-29(26(36)31-28(38)34(27(29)37)17-18-8-2-1-3-9-18)23-20-11-5-4-10-19(20)13-15-33(23)24(21)30-22-12-6-7-14-32(22)25/h1-12,14,23H,13,15-17H2,(H,31,36,38)/t23-,29-/m0/s1. The monoisotopic (exact) mass is 505 g/mol. The van der Waals surface area contributed by atoms with Crippen molar-refractivity contribution in [1.82, 2.24) is 19.6 Å². The molecular weight excluding hydrogens is 482 g/mol. The van der Waals surface area contributed by atoms with Gasteiger partial charge < -0.3 is 4.90 Å². The molecular formula is C29H23N5O4. The van der Waals surface area contributed by atoms with Crippen molar-refractivity contribution in [3.63, 3.8) is 0 Å². The van der Waals surface area contributed by atoms with Gasteiger partial charge in [-0.1, -0.05) is 60.7 Å². The molecule has 4 amide bonds. The van der Waals surface area contributed by atoms with E-state index >= 15 is 0 Å². The van der Waals surface area contributed by atoms with E-state index in [0.717, 1.165) is 21.6 Å². The second-order valence-corrected chi connectivity index (χ2v) is 9.98. The quantitative estimate of drug-likeness (QED) is 0.420. The molecule has 1 spiro atoms. The zero-order chi connectivity index (χ0) is 26.0. The summed E-state index contributed by atoms with van der Waals surface area (Å²) >= 11 is 0. The second kappa shape index (κ2) is 8.11. The number of nitrogens with one attached hydrogen (secondary N) is 1. The highest BCUT2D eigenvalue weighted by Crippen LogP contribution is 2.52. The predicted octanol–water partition coefficient (Wildman–Crippen LogP) is 2.62. The summed E-state index contributed by atoms with van der Waals surface area (Å²) in [4.78, 5) is 63.0. The van der Waals surface area contributed by atoms with Crippen LogP contribution in [0.2, 0.25) is 0 Å². The average Bonchev–Trinajstić information content (AvgIpc) is 2.95. The summed E-state index contributed by atoms with van der Waals surface area (Å²) in [6, 6.07) is 20.7. The van der Waals surface area contributed by atoms with E-state index in [4.69, 9.17) is 4.98 Å². The summed E-state index contributed by atoms with van der Waals surface area (Å²) in [6.45, 7) is 0.482. The number of imide groups is 2. The van der Waals surface area contributed by atoms with Crippen LogP contribution in [-0.4, -0.2) is 38.7 Å². The molecule has 38 heavy (non-hydrogen) atoms. The number of carbonyl (C=O) groups is 3. The number of nitrogens with zero attached hydrogens (tertiary/aromatic N) is 4. The van der Waals surface area contributed by atoms with Gasteiger partial charge >= 0.3 is 6.03 Å². The molecule has 4 aromatic rings. The summed E-state index contributed by atoms with van der Waals surface area (Å²) in [6.07, 6.45) is 2.13. The molecule has 188 valence electrons. The molecule has 3 aliphatic rings. The molecule has 1 saturated heterocycles. The van der Waals surface area contributed by atoms with Crippen LogP contribution in [0.4, 0.5) is 10.6 Å². The molecule has 0 aliphatic carbocycles. The molecule has 2 aromatic heterocycles. The molecule has 9 nitrogen and oxygen atoms in total. The fourth-order valence-corrected chi connectivity index (χ4v) is 6.22. The summed E-state index contributed by atoms with van der Waals surface area (Å²) in [7, 11) is 0. The van der Waals surface area contributed by atoms with Crippen molar-refractivity contribution >= 4 is 29.3 Å². The highest BCUT2D eigenvalue weighted by atomic mass is 16.2. The van der Waals surface area contributed by atoms with Gasteiger partial charge in [0.1, 0.15) is 11.5 Å². The van der Waals surface area contributed by atoms with Gasteiger partial charge in [-0.25, -0.2) is 9.78 Å². The second-order valence-electron chi connectivity index (χ2n) is 9.98. The van der Waals surface area contributed by atoms with Crippen LogP contribution >= 0.6 is 0 Å². The Morgan fingerprint density at radius 1 is 0.921 bits per heavy atom. The van der Waals surface area contributed by atoms with Crippen LogP contribution < -0.4 is 15.8 Å². The number of rotatable bonds is 2. The highest BCUT2D eigenvalue weighted by molar-refractivity contribution is 6.20. The SMILES string of the molecule is O=C1NC(=O)[C@@]2(Cc3c(nc4ccccn4c3=O)N3CCc4ccccc4[C@H]32)C(=O)N1Cc1ccccc1. The molecule has 0 bridgehead atoms. The van der Waals surface area contributed by atoms with Crippen molar-refractivity contribution in [2.75, 3.05) is 11.4 Å². The van der Waals surface area contributed by atoms with Crippen LogP contribution in [0.3, 0.4) is 0 Å². The number of carbonyl (C=O) groups excluding carboxylic acids is 3. The third-order valence-corrected chi connectivity index (χ3v) is 7.96. The van der Waals surface area contributed by atoms with Crippen molar-refractivity contribution in [2.24, 2.45) is 5.41 Å². The lowest BCUT2D eigenvalue weighted by Crippen LogP contribution is -2.70. The van der Waals surface area contributed by atoms with Gasteiger partial charge in [0.2, 0.25) is 11.8 Å². The highest BCUT2D eigenvalue weighted by Gasteiger charge is 2.64. The lowest BCUT2D eigenvalue weighted by Gasteiger charge is -2.53. The number of fused-ring (bicyclic) bond motifs is 7. The lowest BCUT2D eigenvalue weighted by atomic mass is 9.65. The largest absolute Gasteiger partial charge is 0.347 e. The first-order valence-corrected chi connectivity index (χ1v) is 12.5. The van der Waals surface area contributed by atoms with E-state index < -0.39 is 29.3 Å². The van der Waals surface area contributed by atoms with Crippen LogP contribution in [0.25, 0.3) is 5.65 Å². The van der Waals surface area contributed by atoms with E-state index in [1.165, 1.54) is 4.40 Å². The van der Waals surface area contributed by atoms with Crippen LogP contribution in [0.5, 0.6) is 0 Å². The van der Waals surface area contributed by atoms with Crippen molar-refractivity contribution < 1.29 is 14.4 Å². The third-order valence-electron chi connectivity index (χ3n) is 7.96. The van der Waals surface area contributed by atoms with Gasteiger partial charge in [0.25, 0.3) is 5.56 Å². The molecule has 2 aromatic carbocycles. The first kappa shape index (κ1) is 22.4. The van der Waals surface area contributed by atoms with Crippen LogP contribution in [-0.2, 0) is 29.0 Å². The number of aromatic nitrogens is 2. The van der Waals surface area contributed by atoms with Crippen LogP contribution in [0.1, 0.15) is 28.3 Å². The van der Waals surface area contributed by atoms with Gasteiger partial charge in [-0.05, 0) is 35.2 Å². The minimum atomic E-state index is -1.73. The van der Waals surface area contributed by atoms with Gasteiger partial charge in [0, 0.05) is 19.2 Å². The van der Waals surface area contributed by atoms with Gasteiger partial charge in [0.05, 0.1) is 18.2 Å². The van der Waals surface area contributed by atoms with E-state index in [0.29, 0.717) is 30.0 Å². The van der Waals surface area contributed by atoms with E-state index in [1.807, 2.05) is 65.6 Å². The Labute approximate surface area is 217 Å². The lowest BCUT2D eigenvalue weighted by molar-refractivity contribution is -0.154. The van der Waals surface area contributed by atoms with Crippen LogP contribution in [0.15, 0.2) is 83.8 Å². The zero-order valence-corrected chi connectivity index (χ0v) is 20.3. The Kier molecular flexibility index (Phi) is 4.78. The number of anilines is 1. The van der Waals surface area contributed by atoms with Gasteiger partial charge in [-0.3, -0.25) is 29.0 Å². The summed E-state index contributed by atoms with van der Waals surface area (Å²) < 4.78 is 1.43. The van der Waals surface area contributed by atoms with E-state index in [9.17, 15) is 19.2 Å². The topological polar surface area (TPSA) is 104 Å². The Hall–Kier alpha value is -4.79. The maximum atomic E-state index is 14.5. The number of benzene rings is 2. The molecule has 0 unspecified atom stereocenters. The van der Waals surface area contributed by atoms with E-state index in [-0.39, 0.29) is 18.5 Å². The Morgan fingerprint density at radius 3 is 2.53 bits per heavy atom. The molecule has 0 radical (unpaired) electrons. The molecule has 3 aliphatic heterocycles. The average molecular weight is 506 g/mol. The normalized spacial score (nSPS) is 22.2. The minimum Gasteiger partial charge on any atom is -0.347 e. The fraction of sp³-hybridized carbons (Fsp3) is 0.207. The first-order valence-electron chi connectivity index (χ1n) is 12.5. The van der Waals surface area contributed by atoms with Crippen molar-refractivity contribution in [1.29, 1.82) is 0 Å². The number of amides is 4. The number of pyridine rings is 1. The molecule has 0 saturated carbocycles. The number of hydrogen-bond donors (Lipinski definition) is 1. The first-order chi connectivity index (χ1) is 18.5. The Bertz CT molecular complexity index is 1720. The van der Waals surface area contributed by atoms with E-state index in [1.54, 1.807) is 18.3 Å². The third kappa shape index (κ3) is 3.01. The Morgan fingerprint density at radius 2 is 1.68 bits per heavy atom. The predicted molar refractivity (Wildman–Crippen MR) is 138 cm³/mol. The number of hydrogen-bond acceptors (Lipinski definition) is 6. The Balaban J connectivity index is 1.47. The molecule has 5 heterocycles. The fourth-order valence-electron chi connectivity index (χ4n) is 6.22. The van der Waals surface area contributed by atoms with Gasteiger partial charge in [0.15, 0.2) is 5.41 Å². The zero-order valence-electron chi connectivity index (χ0n) is 20.3. The maximum Gasteiger partial charge on any atom is 0.331 e. The smallest absolute Gasteiger partial charge is 0.331 e.